The summed E-state index contributed by atoms with van der Waals surface area (Å²) in [5.74, 6) is -0.332. The van der Waals surface area contributed by atoms with E-state index in [-0.39, 0.29) is 12.4 Å². The maximum absolute atomic E-state index is 11.2. The lowest BCUT2D eigenvalue weighted by molar-refractivity contribution is -0.143. The molecule has 0 aromatic heterocycles. The molecule has 0 unspecified atom stereocenters. The number of esters is 1. The monoisotopic (exact) mass is 261 g/mol. The van der Waals surface area contributed by atoms with E-state index >= 15 is 0 Å². The molecule has 1 atom stereocenters. The van der Waals surface area contributed by atoms with Gasteiger partial charge < -0.3 is 10.5 Å². The van der Waals surface area contributed by atoms with Gasteiger partial charge in [0.1, 0.15) is 0 Å². The first-order valence-corrected chi connectivity index (χ1v) is 5.66. The third-order valence-corrected chi connectivity index (χ3v) is 2.62. The fraction of sp³-hybridized carbons (Fsp3) is 0.364. The highest BCUT2D eigenvalue weighted by molar-refractivity contribution is 6.35. The molecule has 0 saturated heterocycles. The quantitative estimate of drug-likeness (QED) is 0.849. The Bertz CT molecular complexity index is 382. The normalized spacial score (nSPS) is 12.2. The average molecular weight is 262 g/mol. The van der Waals surface area contributed by atoms with Crippen LogP contribution in [0, 0.1) is 0 Å². The molecule has 0 bridgehead atoms. The Morgan fingerprint density at radius 3 is 2.75 bits per heavy atom. The first-order chi connectivity index (χ1) is 7.54. The second kappa shape index (κ2) is 6.09. The van der Waals surface area contributed by atoms with Gasteiger partial charge in [0.15, 0.2) is 0 Å². The molecule has 16 heavy (non-hydrogen) atoms. The zero-order valence-electron chi connectivity index (χ0n) is 8.87. The minimum Gasteiger partial charge on any atom is -0.466 e. The molecule has 0 aliphatic carbocycles. The Kier molecular flexibility index (Phi) is 5.06. The highest BCUT2D eigenvalue weighted by Crippen LogP contribution is 2.26. The average Bonchev–Trinajstić information content (AvgIpc) is 2.17. The Morgan fingerprint density at radius 1 is 1.50 bits per heavy atom. The van der Waals surface area contributed by atoms with Crippen LogP contribution in [0.15, 0.2) is 18.2 Å². The second-order valence-corrected chi connectivity index (χ2v) is 4.13. The van der Waals surface area contributed by atoms with Crippen LogP contribution in [0.25, 0.3) is 0 Å². The summed E-state index contributed by atoms with van der Waals surface area (Å²) in [4.78, 5) is 11.2. The van der Waals surface area contributed by atoms with E-state index in [2.05, 4.69) is 0 Å². The molecular formula is C11H13Cl2NO2. The summed E-state index contributed by atoms with van der Waals surface area (Å²) in [5, 5.41) is 1.00. The molecule has 2 N–H and O–H groups in total. The number of halogens is 2. The summed E-state index contributed by atoms with van der Waals surface area (Å²) in [7, 11) is 0. The molecule has 0 spiro atoms. The summed E-state index contributed by atoms with van der Waals surface area (Å²) in [6.07, 6.45) is 0.106. The largest absolute Gasteiger partial charge is 0.466 e. The van der Waals surface area contributed by atoms with Crippen molar-refractivity contribution < 1.29 is 9.53 Å². The van der Waals surface area contributed by atoms with Crippen LogP contribution in [0.4, 0.5) is 0 Å². The molecule has 3 nitrogen and oxygen atoms in total. The molecule has 0 heterocycles. The summed E-state index contributed by atoms with van der Waals surface area (Å²) in [6.45, 7) is 2.10. The Morgan fingerprint density at radius 2 is 2.19 bits per heavy atom. The van der Waals surface area contributed by atoms with Crippen LogP contribution < -0.4 is 5.73 Å². The second-order valence-electron chi connectivity index (χ2n) is 3.28. The Hall–Kier alpha value is -0.770. The van der Waals surface area contributed by atoms with E-state index in [9.17, 15) is 4.79 Å². The molecule has 0 aliphatic rings. The highest BCUT2D eigenvalue weighted by Gasteiger charge is 2.15. The van der Waals surface area contributed by atoms with Crippen molar-refractivity contribution in [3.63, 3.8) is 0 Å². The fourth-order valence-electron chi connectivity index (χ4n) is 1.31. The minimum absolute atomic E-state index is 0.106. The van der Waals surface area contributed by atoms with Gasteiger partial charge in [-0.25, -0.2) is 0 Å². The minimum atomic E-state index is -0.469. The number of nitrogens with two attached hydrogens (primary N) is 1. The number of hydrogen-bond donors (Lipinski definition) is 1. The molecule has 1 aromatic carbocycles. The van der Waals surface area contributed by atoms with Crippen LogP contribution in [0.5, 0.6) is 0 Å². The maximum atomic E-state index is 11.2. The zero-order valence-corrected chi connectivity index (χ0v) is 10.4. The fourth-order valence-corrected chi connectivity index (χ4v) is 1.86. The summed E-state index contributed by atoms with van der Waals surface area (Å²) < 4.78 is 4.81. The summed E-state index contributed by atoms with van der Waals surface area (Å²) >= 11 is 11.7. The Balaban J connectivity index is 2.72. The number of carbonyl (C=O) groups is 1. The molecule has 1 aromatic rings. The van der Waals surface area contributed by atoms with Gasteiger partial charge in [-0.1, -0.05) is 29.3 Å². The van der Waals surface area contributed by atoms with Gasteiger partial charge in [0, 0.05) is 16.1 Å². The van der Waals surface area contributed by atoms with Crippen LogP contribution in [-0.2, 0) is 9.53 Å². The van der Waals surface area contributed by atoms with Crippen LogP contribution in [0.2, 0.25) is 10.0 Å². The van der Waals surface area contributed by atoms with Gasteiger partial charge in [-0.15, -0.1) is 0 Å². The molecule has 0 amide bonds. The summed E-state index contributed by atoms with van der Waals surface area (Å²) in [6, 6.07) is 4.54. The van der Waals surface area contributed by atoms with Gasteiger partial charge in [0.05, 0.1) is 13.0 Å². The lowest BCUT2D eigenvalue weighted by Crippen LogP contribution is -2.17. The SMILES string of the molecule is CCOC(=O)C[C@@H](N)c1ccc(Cl)cc1Cl. The number of ether oxygens (including phenoxy) is 1. The van der Waals surface area contributed by atoms with E-state index in [4.69, 9.17) is 33.7 Å². The van der Waals surface area contributed by atoms with E-state index in [1.54, 1.807) is 25.1 Å². The van der Waals surface area contributed by atoms with Crippen molar-refractivity contribution in [3.8, 4) is 0 Å². The van der Waals surface area contributed by atoms with Crippen molar-refractivity contribution in [1.82, 2.24) is 0 Å². The van der Waals surface area contributed by atoms with E-state index in [1.807, 2.05) is 0 Å². The first-order valence-electron chi connectivity index (χ1n) is 4.90. The van der Waals surface area contributed by atoms with Crippen LogP contribution in [-0.4, -0.2) is 12.6 Å². The standard InChI is InChI=1S/C11H13Cl2NO2/c1-2-16-11(15)6-10(14)8-4-3-7(12)5-9(8)13/h3-5,10H,2,6,14H2,1H3/t10-/m1/s1. The van der Waals surface area contributed by atoms with Crippen molar-refractivity contribution in [2.45, 2.75) is 19.4 Å². The van der Waals surface area contributed by atoms with E-state index in [1.165, 1.54) is 0 Å². The van der Waals surface area contributed by atoms with Gasteiger partial charge >= 0.3 is 5.97 Å². The smallest absolute Gasteiger partial charge is 0.307 e. The van der Waals surface area contributed by atoms with Crippen LogP contribution >= 0.6 is 23.2 Å². The molecule has 0 radical (unpaired) electrons. The molecule has 0 saturated carbocycles. The van der Waals surface area contributed by atoms with Gasteiger partial charge in [-0.3, -0.25) is 4.79 Å². The third kappa shape index (κ3) is 3.67. The van der Waals surface area contributed by atoms with E-state index in [0.29, 0.717) is 22.2 Å². The van der Waals surface area contributed by atoms with Gasteiger partial charge in [0.2, 0.25) is 0 Å². The van der Waals surface area contributed by atoms with Crippen molar-refractivity contribution in [3.05, 3.63) is 33.8 Å². The molecule has 5 heteroatoms. The molecule has 0 aliphatic heterocycles. The van der Waals surface area contributed by atoms with E-state index in [0.717, 1.165) is 0 Å². The van der Waals surface area contributed by atoms with Crippen molar-refractivity contribution >= 4 is 29.2 Å². The number of carbonyl (C=O) groups excluding carboxylic acids is 1. The van der Waals surface area contributed by atoms with Crippen molar-refractivity contribution in [2.75, 3.05) is 6.61 Å². The summed E-state index contributed by atoms with van der Waals surface area (Å²) in [5.41, 5.74) is 6.54. The third-order valence-electron chi connectivity index (χ3n) is 2.05. The topological polar surface area (TPSA) is 52.3 Å². The Labute approximate surface area is 104 Å². The van der Waals surface area contributed by atoms with Crippen LogP contribution in [0.3, 0.4) is 0 Å². The number of rotatable bonds is 4. The molecule has 0 fully saturated rings. The number of hydrogen-bond acceptors (Lipinski definition) is 3. The van der Waals surface area contributed by atoms with Crippen LogP contribution in [0.1, 0.15) is 24.9 Å². The van der Waals surface area contributed by atoms with Gasteiger partial charge in [-0.05, 0) is 24.6 Å². The van der Waals surface area contributed by atoms with Crippen molar-refractivity contribution in [1.29, 1.82) is 0 Å². The molecular weight excluding hydrogens is 249 g/mol. The molecule has 1 rings (SSSR count). The van der Waals surface area contributed by atoms with Gasteiger partial charge in [-0.2, -0.15) is 0 Å². The number of benzene rings is 1. The van der Waals surface area contributed by atoms with E-state index < -0.39 is 6.04 Å². The van der Waals surface area contributed by atoms with Crippen molar-refractivity contribution in [2.24, 2.45) is 5.73 Å². The lowest BCUT2D eigenvalue weighted by Gasteiger charge is -2.12. The van der Waals surface area contributed by atoms with Gasteiger partial charge in [0.25, 0.3) is 0 Å². The highest BCUT2D eigenvalue weighted by atomic mass is 35.5. The predicted octanol–water partition coefficient (Wildman–Crippen LogP) is 2.95. The zero-order chi connectivity index (χ0) is 12.1. The first kappa shape index (κ1) is 13.3. The predicted molar refractivity (Wildman–Crippen MR) is 64.6 cm³/mol. The maximum Gasteiger partial charge on any atom is 0.307 e. The lowest BCUT2D eigenvalue weighted by atomic mass is 10.1. The molecule has 88 valence electrons.